The van der Waals surface area contributed by atoms with Crippen molar-refractivity contribution in [3.8, 4) is 5.75 Å². The number of rotatable bonds is 5. The van der Waals surface area contributed by atoms with E-state index in [0.29, 0.717) is 12.8 Å². The van der Waals surface area contributed by atoms with Crippen molar-refractivity contribution in [2.45, 2.75) is 52.0 Å². The molecule has 0 saturated heterocycles. The quantitative estimate of drug-likeness (QED) is 0.815. The number of benzene rings is 1. The molecule has 0 fully saturated rings. The van der Waals surface area contributed by atoms with Gasteiger partial charge < -0.3 is 14.7 Å². The summed E-state index contributed by atoms with van der Waals surface area (Å²) in [5.74, 6) is 0.900. The van der Waals surface area contributed by atoms with Crippen LogP contribution < -0.4 is 15.0 Å². The van der Waals surface area contributed by atoms with Crippen LogP contribution in [0, 0.1) is 0 Å². The molecule has 1 aliphatic rings. The van der Waals surface area contributed by atoms with E-state index in [9.17, 15) is 9.90 Å². The van der Waals surface area contributed by atoms with Gasteiger partial charge in [-0.05, 0) is 38.8 Å². The highest BCUT2D eigenvalue weighted by Gasteiger charge is 2.25. The van der Waals surface area contributed by atoms with Gasteiger partial charge in [-0.25, -0.2) is 0 Å². The number of aliphatic hydroxyl groups is 1. The molecule has 2 rings (SSSR count). The first-order valence-corrected chi connectivity index (χ1v) is 7.37. The van der Waals surface area contributed by atoms with Crippen LogP contribution in [0.4, 0.5) is 5.69 Å². The molecule has 21 heavy (non-hydrogen) atoms. The van der Waals surface area contributed by atoms with E-state index in [1.165, 1.54) is 0 Å². The molecule has 1 aliphatic heterocycles. The second kappa shape index (κ2) is 6.03. The Morgan fingerprint density at radius 2 is 2.14 bits per heavy atom. The Balaban J connectivity index is 2.23. The summed E-state index contributed by atoms with van der Waals surface area (Å²) in [7, 11) is 1.79. The summed E-state index contributed by atoms with van der Waals surface area (Å²) < 4.78 is 6.01. The minimum atomic E-state index is -0.998. The van der Waals surface area contributed by atoms with Crippen molar-refractivity contribution in [2.24, 2.45) is 0 Å². The Kier molecular flexibility index (Phi) is 4.54. The fraction of sp³-hybridized carbons (Fsp3) is 0.562. The van der Waals surface area contributed by atoms with Crippen LogP contribution in [0.3, 0.4) is 0 Å². The Morgan fingerprint density at radius 1 is 1.43 bits per heavy atom. The summed E-state index contributed by atoms with van der Waals surface area (Å²) in [6.07, 6.45) is 1.63. The van der Waals surface area contributed by atoms with Crippen molar-refractivity contribution in [1.82, 2.24) is 5.32 Å². The van der Waals surface area contributed by atoms with Gasteiger partial charge in [0.25, 0.3) is 0 Å². The van der Waals surface area contributed by atoms with Crippen molar-refractivity contribution in [3.63, 3.8) is 0 Å². The zero-order chi connectivity index (χ0) is 15.6. The average molecular weight is 292 g/mol. The van der Waals surface area contributed by atoms with Gasteiger partial charge >= 0.3 is 0 Å². The Morgan fingerprint density at radius 3 is 2.76 bits per heavy atom. The molecule has 0 aliphatic carbocycles. The first kappa shape index (κ1) is 15.8. The second-order valence-corrected chi connectivity index (χ2v) is 5.92. The third-order valence-electron chi connectivity index (χ3n) is 3.59. The molecule has 2 N–H and O–H groups in total. The number of nitrogens with zero attached hydrogens (tertiary/aromatic N) is 1. The SMILES string of the molecule is CCC(NC(C)(C)O)Oc1cccc2c1CCC(=O)N2C. The predicted molar refractivity (Wildman–Crippen MR) is 82.3 cm³/mol. The molecule has 0 bridgehead atoms. The van der Waals surface area contributed by atoms with Crippen molar-refractivity contribution in [3.05, 3.63) is 23.8 Å². The zero-order valence-electron chi connectivity index (χ0n) is 13.1. The van der Waals surface area contributed by atoms with Gasteiger partial charge in [-0.1, -0.05) is 13.0 Å². The number of nitrogens with one attached hydrogen (secondary N) is 1. The summed E-state index contributed by atoms with van der Waals surface area (Å²) >= 11 is 0. The summed E-state index contributed by atoms with van der Waals surface area (Å²) in [5, 5.41) is 12.9. The van der Waals surface area contributed by atoms with E-state index in [4.69, 9.17) is 4.74 Å². The highest BCUT2D eigenvalue weighted by atomic mass is 16.5. The van der Waals surface area contributed by atoms with Crippen molar-refractivity contribution >= 4 is 11.6 Å². The maximum atomic E-state index is 11.8. The first-order valence-electron chi connectivity index (χ1n) is 7.37. The van der Waals surface area contributed by atoms with Crippen LogP contribution in [0.1, 0.15) is 39.2 Å². The molecule has 5 nitrogen and oxygen atoms in total. The maximum absolute atomic E-state index is 11.8. The van der Waals surface area contributed by atoms with Crippen LogP contribution in [0.2, 0.25) is 0 Å². The van der Waals surface area contributed by atoms with Crippen LogP contribution in [-0.4, -0.2) is 30.0 Å². The molecule has 1 atom stereocenters. The number of hydrogen-bond acceptors (Lipinski definition) is 4. The molecule has 0 spiro atoms. The van der Waals surface area contributed by atoms with Gasteiger partial charge in [-0.15, -0.1) is 0 Å². The van der Waals surface area contributed by atoms with Crippen LogP contribution in [0.15, 0.2) is 18.2 Å². The van der Waals surface area contributed by atoms with Gasteiger partial charge in [0.1, 0.15) is 11.5 Å². The Hall–Kier alpha value is -1.59. The monoisotopic (exact) mass is 292 g/mol. The fourth-order valence-corrected chi connectivity index (χ4v) is 2.53. The Labute approximate surface area is 125 Å². The number of amides is 1. The normalized spacial score (nSPS) is 16.6. The van der Waals surface area contributed by atoms with Gasteiger partial charge in [0.15, 0.2) is 6.23 Å². The second-order valence-electron chi connectivity index (χ2n) is 5.92. The number of carbonyl (C=O) groups is 1. The van der Waals surface area contributed by atoms with E-state index in [-0.39, 0.29) is 12.1 Å². The van der Waals surface area contributed by atoms with Gasteiger partial charge in [0.05, 0.1) is 5.69 Å². The van der Waals surface area contributed by atoms with Crippen LogP contribution >= 0.6 is 0 Å². The number of carbonyl (C=O) groups excluding carboxylic acids is 1. The van der Waals surface area contributed by atoms with E-state index in [0.717, 1.165) is 23.4 Å². The van der Waals surface area contributed by atoms with E-state index in [1.54, 1.807) is 25.8 Å². The zero-order valence-corrected chi connectivity index (χ0v) is 13.1. The lowest BCUT2D eigenvalue weighted by molar-refractivity contribution is -0.118. The number of anilines is 1. The third kappa shape index (κ3) is 3.74. The third-order valence-corrected chi connectivity index (χ3v) is 3.59. The highest BCUT2D eigenvalue weighted by molar-refractivity contribution is 5.96. The highest BCUT2D eigenvalue weighted by Crippen LogP contribution is 2.34. The van der Waals surface area contributed by atoms with Gasteiger partial charge in [-0.2, -0.15) is 0 Å². The molecule has 0 radical (unpaired) electrons. The molecular weight excluding hydrogens is 268 g/mol. The smallest absolute Gasteiger partial charge is 0.227 e. The molecule has 1 aromatic carbocycles. The van der Waals surface area contributed by atoms with Crippen molar-refractivity contribution in [2.75, 3.05) is 11.9 Å². The largest absolute Gasteiger partial charge is 0.475 e. The number of fused-ring (bicyclic) bond motifs is 1. The topological polar surface area (TPSA) is 61.8 Å². The van der Waals surface area contributed by atoms with Crippen LogP contribution in [0.25, 0.3) is 0 Å². The lowest BCUT2D eigenvalue weighted by Gasteiger charge is -2.31. The standard InChI is InChI=1S/C16H24N2O3/c1-5-14(17-16(2,3)20)21-13-8-6-7-12-11(13)9-10-15(19)18(12)4/h6-8,14,17,20H,5,9-10H2,1-4H3. The lowest BCUT2D eigenvalue weighted by Crippen LogP contribution is -2.48. The van der Waals surface area contributed by atoms with Gasteiger partial charge in [-0.3, -0.25) is 10.1 Å². The summed E-state index contributed by atoms with van der Waals surface area (Å²) in [6.45, 7) is 5.37. The van der Waals surface area contributed by atoms with Crippen molar-refractivity contribution in [1.29, 1.82) is 0 Å². The summed E-state index contributed by atoms with van der Waals surface area (Å²) in [5.41, 5.74) is 0.958. The minimum Gasteiger partial charge on any atom is -0.475 e. The van der Waals surface area contributed by atoms with Crippen molar-refractivity contribution < 1.29 is 14.6 Å². The number of ether oxygens (including phenoxy) is 1. The minimum absolute atomic E-state index is 0.126. The summed E-state index contributed by atoms with van der Waals surface area (Å²) in [4.78, 5) is 13.5. The first-order chi connectivity index (χ1) is 9.81. The Bertz CT molecular complexity index is 523. The predicted octanol–water partition coefficient (Wildman–Crippen LogP) is 2.03. The molecule has 1 heterocycles. The molecule has 116 valence electrons. The van der Waals surface area contributed by atoms with E-state index < -0.39 is 5.72 Å². The van der Waals surface area contributed by atoms with E-state index in [1.807, 2.05) is 25.1 Å². The summed E-state index contributed by atoms with van der Waals surface area (Å²) in [6, 6.07) is 5.74. The molecule has 1 aromatic rings. The maximum Gasteiger partial charge on any atom is 0.227 e. The van der Waals surface area contributed by atoms with E-state index in [2.05, 4.69) is 5.32 Å². The number of hydrogen-bond donors (Lipinski definition) is 2. The van der Waals surface area contributed by atoms with Crippen LogP contribution in [0.5, 0.6) is 5.75 Å². The van der Waals surface area contributed by atoms with Gasteiger partial charge in [0, 0.05) is 19.0 Å². The molecule has 0 saturated carbocycles. The average Bonchev–Trinajstić information content (AvgIpc) is 2.41. The van der Waals surface area contributed by atoms with E-state index >= 15 is 0 Å². The molecular formula is C16H24N2O3. The fourth-order valence-electron chi connectivity index (χ4n) is 2.53. The van der Waals surface area contributed by atoms with Crippen LogP contribution in [-0.2, 0) is 11.2 Å². The molecule has 5 heteroatoms. The van der Waals surface area contributed by atoms with Gasteiger partial charge in [0.2, 0.25) is 5.91 Å². The molecule has 1 amide bonds. The molecule has 1 unspecified atom stereocenters. The molecule has 0 aromatic heterocycles. The lowest BCUT2D eigenvalue weighted by atomic mass is 10.0.